The van der Waals surface area contributed by atoms with Crippen molar-refractivity contribution in [3.05, 3.63) is 68.7 Å². The number of H-pyrrole nitrogens is 1. The second-order valence-electron chi connectivity index (χ2n) is 5.54. The molecule has 0 bridgehead atoms. The van der Waals surface area contributed by atoms with Gasteiger partial charge in [-0.05, 0) is 31.2 Å². The molecule has 1 N–H and O–H groups in total. The Morgan fingerprint density at radius 2 is 2.15 bits per heavy atom. The van der Waals surface area contributed by atoms with Crippen molar-refractivity contribution in [3.63, 3.8) is 0 Å². The van der Waals surface area contributed by atoms with Gasteiger partial charge < -0.3 is 9.72 Å². The number of aromatic nitrogens is 3. The Bertz CT molecular complexity index is 1150. The van der Waals surface area contributed by atoms with Crippen LogP contribution in [-0.2, 0) is 11.3 Å². The van der Waals surface area contributed by atoms with Gasteiger partial charge in [-0.15, -0.1) is 22.7 Å². The zero-order valence-electron chi connectivity index (χ0n) is 13.7. The molecule has 0 radical (unpaired) electrons. The Labute approximate surface area is 156 Å². The fraction of sp³-hybridized carbons (Fsp3) is 0.111. The van der Waals surface area contributed by atoms with Crippen LogP contribution in [0.2, 0.25) is 0 Å². The number of nitrogens with zero attached hydrogens (tertiary/aromatic N) is 2. The first-order chi connectivity index (χ1) is 12.6. The minimum atomic E-state index is -0.561. The molecule has 6 nitrogen and oxygen atoms in total. The summed E-state index contributed by atoms with van der Waals surface area (Å²) in [4.78, 5) is 38.4. The van der Waals surface area contributed by atoms with Crippen molar-refractivity contribution < 1.29 is 9.53 Å². The molecule has 0 aliphatic rings. The number of thiophene rings is 2. The zero-order valence-corrected chi connectivity index (χ0v) is 15.3. The van der Waals surface area contributed by atoms with Crippen molar-refractivity contribution in [3.8, 4) is 10.4 Å². The second kappa shape index (κ2) is 6.81. The van der Waals surface area contributed by atoms with Crippen molar-refractivity contribution in [2.75, 3.05) is 0 Å². The maximum absolute atomic E-state index is 12.5. The maximum atomic E-state index is 12.5. The van der Waals surface area contributed by atoms with Gasteiger partial charge in [0.15, 0.2) is 0 Å². The number of nitrogens with one attached hydrogen (secondary N) is 1. The van der Waals surface area contributed by atoms with E-state index in [9.17, 15) is 9.59 Å². The SMILES string of the molecule is Cc1ccc(-c2csc3nc(COC(=O)c4ccccn4)[nH]c(=O)c23)s1. The molecule has 0 atom stereocenters. The minimum Gasteiger partial charge on any atom is -0.453 e. The van der Waals surface area contributed by atoms with Gasteiger partial charge in [0.1, 0.15) is 23.0 Å². The molecule has 0 fully saturated rings. The van der Waals surface area contributed by atoms with Crippen LogP contribution >= 0.6 is 22.7 Å². The number of carbonyl (C=O) groups excluding carboxylic acids is 1. The number of pyridine rings is 1. The molecule has 4 heterocycles. The molecule has 4 aromatic rings. The number of hydrogen-bond acceptors (Lipinski definition) is 7. The molecule has 0 aromatic carbocycles. The number of ether oxygens (including phenoxy) is 1. The van der Waals surface area contributed by atoms with Crippen LogP contribution in [0.15, 0.2) is 46.7 Å². The number of carbonyl (C=O) groups is 1. The summed E-state index contributed by atoms with van der Waals surface area (Å²) in [6.07, 6.45) is 1.52. The van der Waals surface area contributed by atoms with Gasteiger partial charge in [-0.1, -0.05) is 6.07 Å². The Hall–Kier alpha value is -2.84. The summed E-state index contributed by atoms with van der Waals surface area (Å²) >= 11 is 3.03. The normalized spacial score (nSPS) is 11.0. The summed E-state index contributed by atoms with van der Waals surface area (Å²) in [5.41, 5.74) is 0.859. The molecule has 130 valence electrons. The fourth-order valence-corrected chi connectivity index (χ4v) is 4.44. The Kier molecular flexibility index (Phi) is 4.36. The first-order valence-electron chi connectivity index (χ1n) is 7.77. The molecule has 26 heavy (non-hydrogen) atoms. The number of esters is 1. The van der Waals surface area contributed by atoms with E-state index < -0.39 is 5.97 Å². The van der Waals surface area contributed by atoms with E-state index in [1.54, 1.807) is 29.5 Å². The summed E-state index contributed by atoms with van der Waals surface area (Å²) in [5.74, 6) is -0.253. The third-order valence-corrected chi connectivity index (χ3v) is 5.62. The number of fused-ring (bicyclic) bond motifs is 1. The average Bonchev–Trinajstić information content (AvgIpc) is 3.26. The summed E-state index contributed by atoms with van der Waals surface area (Å²) in [6, 6.07) is 9.01. The van der Waals surface area contributed by atoms with Crippen LogP contribution in [0.1, 0.15) is 21.2 Å². The molecule has 0 unspecified atom stereocenters. The summed E-state index contributed by atoms with van der Waals surface area (Å²) < 4.78 is 5.19. The zero-order chi connectivity index (χ0) is 18.1. The standard InChI is InChI=1S/C18H13N3O3S2/c1-10-5-6-13(26-10)11-9-25-17-15(11)16(22)20-14(21-17)8-24-18(23)12-4-2-3-7-19-12/h2-7,9H,8H2,1H3,(H,20,21,22). The smallest absolute Gasteiger partial charge is 0.357 e. The first kappa shape index (κ1) is 16.6. The van der Waals surface area contributed by atoms with Crippen LogP contribution in [0, 0.1) is 6.92 Å². The Morgan fingerprint density at radius 1 is 1.27 bits per heavy atom. The second-order valence-corrected chi connectivity index (χ2v) is 7.69. The van der Waals surface area contributed by atoms with Crippen molar-refractivity contribution in [1.82, 2.24) is 15.0 Å². The van der Waals surface area contributed by atoms with E-state index in [0.717, 1.165) is 10.4 Å². The fourth-order valence-electron chi connectivity index (χ4n) is 2.51. The maximum Gasteiger partial charge on any atom is 0.357 e. The van der Waals surface area contributed by atoms with Gasteiger partial charge in [0.2, 0.25) is 0 Å². The van der Waals surface area contributed by atoms with Gasteiger partial charge in [-0.25, -0.2) is 14.8 Å². The molecule has 0 saturated carbocycles. The lowest BCUT2D eigenvalue weighted by atomic mass is 10.2. The van der Waals surface area contributed by atoms with Gasteiger partial charge in [-0.2, -0.15) is 0 Å². The lowest BCUT2D eigenvalue weighted by Crippen LogP contribution is -2.14. The molecule has 4 rings (SSSR count). The van der Waals surface area contributed by atoms with Gasteiger partial charge >= 0.3 is 5.97 Å². The predicted octanol–water partition coefficient (Wildman–Crippen LogP) is 3.77. The molecule has 0 saturated heterocycles. The van der Waals surface area contributed by atoms with E-state index in [1.165, 1.54) is 22.4 Å². The first-order valence-corrected chi connectivity index (χ1v) is 9.47. The Morgan fingerprint density at radius 3 is 2.88 bits per heavy atom. The van der Waals surface area contributed by atoms with Crippen LogP contribution in [0.25, 0.3) is 20.7 Å². The number of hydrogen-bond donors (Lipinski definition) is 1. The molecule has 4 aromatic heterocycles. The number of aryl methyl sites for hydroxylation is 1. The quantitative estimate of drug-likeness (QED) is 0.542. The summed E-state index contributed by atoms with van der Waals surface area (Å²) in [7, 11) is 0. The van der Waals surface area contributed by atoms with Gasteiger partial charge in [0.05, 0.1) is 5.39 Å². The van der Waals surface area contributed by atoms with E-state index in [2.05, 4.69) is 15.0 Å². The van der Waals surface area contributed by atoms with Crippen LogP contribution < -0.4 is 5.56 Å². The van der Waals surface area contributed by atoms with Crippen LogP contribution in [0.5, 0.6) is 0 Å². The van der Waals surface area contributed by atoms with Crippen molar-refractivity contribution in [2.24, 2.45) is 0 Å². The van der Waals surface area contributed by atoms with E-state index in [4.69, 9.17) is 4.74 Å². The number of rotatable bonds is 4. The highest BCUT2D eigenvalue weighted by atomic mass is 32.1. The third kappa shape index (κ3) is 3.16. The highest BCUT2D eigenvalue weighted by molar-refractivity contribution is 7.19. The molecule has 0 aliphatic carbocycles. The Balaban J connectivity index is 1.60. The van der Waals surface area contributed by atoms with Crippen molar-refractivity contribution in [1.29, 1.82) is 0 Å². The highest BCUT2D eigenvalue weighted by Gasteiger charge is 2.15. The molecule has 8 heteroatoms. The van der Waals surface area contributed by atoms with Crippen LogP contribution in [0.4, 0.5) is 0 Å². The summed E-state index contributed by atoms with van der Waals surface area (Å²) in [6.45, 7) is 1.91. The average molecular weight is 383 g/mol. The van der Waals surface area contributed by atoms with Crippen molar-refractivity contribution in [2.45, 2.75) is 13.5 Å². The summed E-state index contributed by atoms with van der Waals surface area (Å²) in [5, 5.41) is 2.50. The van der Waals surface area contributed by atoms with Crippen LogP contribution in [0.3, 0.4) is 0 Å². The predicted molar refractivity (Wildman–Crippen MR) is 102 cm³/mol. The van der Waals surface area contributed by atoms with E-state index >= 15 is 0 Å². The van der Waals surface area contributed by atoms with Crippen molar-refractivity contribution >= 4 is 38.9 Å². The molecular formula is C18H13N3O3S2. The molecule has 0 aliphatic heterocycles. The molecular weight excluding hydrogens is 370 g/mol. The van der Waals surface area contributed by atoms with Gasteiger partial charge in [0, 0.05) is 26.9 Å². The molecule has 0 amide bonds. The van der Waals surface area contributed by atoms with E-state index in [-0.39, 0.29) is 17.9 Å². The van der Waals surface area contributed by atoms with Crippen LogP contribution in [-0.4, -0.2) is 20.9 Å². The van der Waals surface area contributed by atoms with E-state index in [0.29, 0.717) is 16.0 Å². The minimum absolute atomic E-state index is 0.119. The van der Waals surface area contributed by atoms with Gasteiger partial charge in [-0.3, -0.25) is 4.79 Å². The largest absolute Gasteiger partial charge is 0.453 e. The monoisotopic (exact) mass is 383 g/mol. The lowest BCUT2D eigenvalue weighted by molar-refractivity contribution is 0.0455. The van der Waals surface area contributed by atoms with Gasteiger partial charge in [0.25, 0.3) is 5.56 Å². The highest BCUT2D eigenvalue weighted by Crippen LogP contribution is 2.34. The molecule has 0 spiro atoms. The topological polar surface area (TPSA) is 84.9 Å². The third-order valence-electron chi connectivity index (χ3n) is 3.71. The van der Waals surface area contributed by atoms with E-state index in [1.807, 2.05) is 24.4 Å². The lowest BCUT2D eigenvalue weighted by Gasteiger charge is -2.04. The number of aromatic amines is 1.